The molecule has 0 atom stereocenters. The number of methoxy groups -OCH3 is 1. The van der Waals surface area contributed by atoms with Crippen LogP contribution in [0.4, 0.5) is 5.69 Å². The van der Waals surface area contributed by atoms with Gasteiger partial charge in [0.05, 0.1) is 22.2 Å². The number of fused-ring (bicyclic) bond motifs is 1. The molecule has 1 N–H and O–H groups in total. The third kappa shape index (κ3) is 5.02. The Morgan fingerprint density at radius 2 is 1.79 bits per heavy atom. The lowest BCUT2D eigenvalue weighted by Gasteiger charge is -2.09. The van der Waals surface area contributed by atoms with Gasteiger partial charge in [-0.05, 0) is 73.7 Å². The van der Waals surface area contributed by atoms with Crippen molar-refractivity contribution in [1.82, 2.24) is 4.57 Å². The number of hydrogen-bond acceptors (Lipinski definition) is 5. The average Bonchev–Trinajstić information content (AvgIpc) is 3.15. The number of aromatic nitrogens is 1. The molecule has 4 aromatic rings. The summed E-state index contributed by atoms with van der Waals surface area (Å²) in [4.78, 5) is 17.8. The molecule has 0 aliphatic carbocycles. The standard InChI is InChI=1S/C23H20BrN3O4S2/c1-3-27-20-13-6-16(24)14-21(20)32-23(27)25-22(28)15-4-7-17(8-5-15)26-33(29,30)19-11-9-18(31-2)10-12-19/h4-14,26H,3H2,1-2H3. The second-order valence-corrected chi connectivity index (χ2v) is 10.6. The number of carbonyl (C=O) groups is 1. The maximum absolute atomic E-state index is 12.8. The molecule has 0 bridgehead atoms. The van der Waals surface area contributed by atoms with E-state index < -0.39 is 15.9 Å². The van der Waals surface area contributed by atoms with Crippen LogP contribution in [0.1, 0.15) is 17.3 Å². The smallest absolute Gasteiger partial charge is 0.279 e. The van der Waals surface area contributed by atoms with Gasteiger partial charge in [-0.1, -0.05) is 27.3 Å². The molecule has 1 amide bonds. The fourth-order valence-corrected chi connectivity index (χ4v) is 5.94. The second-order valence-electron chi connectivity index (χ2n) is 7.02. The van der Waals surface area contributed by atoms with Gasteiger partial charge in [0.25, 0.3) is 15.9 Å². The fourth-order valence-electron chi connectivity index (χ4n) is 3.24. The van der Waals surface area contributed by atoms with E-state index in [1.807, 2.05) is 29.7 Å². The van der Waals surface area contributed by atoms with Crippen LogP contribution in [0.3, 0.4) is 0 Å². The molecule has 3 aromatic carbocycles. The Morgan fingerprint density at radius 3 is 2.42 bits per heavy atom. The molecule has 0 saturated heterocycles. The number of benzene rings is 3. The van der Waals surface area contributed by atoms with E-state index in [9.17, 15) is 13.2 Å². The highest BCUT2D eigenvalue weighted by atomic mass is 79.9. The van der Waals surface area contributed by atoms with Gasteiger partial charge in [-0.15, -0.1) is 0 Å². The van der Waals surface area contributed by atoms with Crippen LogP contribution in [0.5, 0.6) is 5.75 Å². The Bertz CT molecular complexity index is 1490. The van der Waals surface area contributed by atoms with Gasteiger partial charge in [0.2, 0.25) is 0 Å². The number of sulfonamides is 1. The molecule has 1 heterocycles. The molecule has 10 heteroatoms. The first kappa shape index (κ1) is 23.2. The summed E-state index contributed by atoms with van der Waals surface area (Å²) in [7, 11) is -2.25. The number of rotatable bonds is 6. The minimum Gasteiger partial charge on any atom is -0.497 e. The van der Waals surface area contributed by atoms with Gasteiger partial charge >= 0.3 is 0 Å². The Labute approximate surface area is 203 Å². The van der Waals surface area contributed by atoms with Gasteiger partial charge < -0.3 is 9.30 Å². The van der Waals surface area contributed by atoms with Gasteiger partial charge in [0.15, 0.2) is 4.80 Å². The third-order valence-electron chi connectivity index (χ3n) is 4.91. The SMILES string of the molecule is CCn1c(=NC(=O)c2ccc(NS(=O)(=O)c3ccc(OC)cc3)cc2)sc2cc(Br)ccc21. The van der Waals surface area contributed by atoms with Crippen LogP contribution >= 0.6 is 27.3 Å². The molecule has 0 unspecified atom stereocenters. The minimum absolute atomic E-state index is 0.110. The minimum atomic E-state index is -3.77. The average molecular weight is 546 g/mol. The zero-order chi connectivity index (χ0) is 23.6. The molecule has 0 fully saturated rings. The molecule has 0 spiro atoms. The highest BCUT2D eigenvalue weighted by molar-refractivity contribution is 9.10. The Balaban J connectivity index is 1.57. The predicted octanol–water partition coefficient (Wildman–Crippen LogP) is 5.04. The molecule has 7 nitrogen and oxygen atoms in total. The van der Waals surface area contributed by atoms with Crippen molar-refractivity contribution < 1.29 is 17.9 Å². The number of thiazole rings is 1. The van der Waals surface area contributed by atoms with E-state index >= 15 is 0 Å². The number of aryl methyl sites for hydroxylation is 1. The molecule has 0 aliphatic heterocycles. The lowest BCUT2D eigenvalue weighted by atomic mass is 10.2. The summed E-state index contributed by atoms with van der Waals surface area (Å²) in [5.74, 6) is 0.170. The van der Waals surface area contributed by atoms with Crippen molar-refractivity contribution in [3.63, 3.8) is 0 Å². The zero-order valence-corrected chi connectivity index (χ0v) is 21.0. The highest BCUT2D eigenvalue weighted by Gasteiger charge is 2.15. The first-order valence-electron chi connectivity index (χ1n) is 9.95. The van der Waals surface area contributed by atoms with E-state index in [-0.39, 0.29) is 4.90 Å². The molecule has 4 rings (SSSR count). The van der Waals surface area contributed by atoms with Gasteiger partial charge in [-0.3, -0.25) is 9.52 Å². The Hall–Kier alpha value is -2.95. The van der Waals surface area contributed by atoms with Crippen LogP contribution in [0, 0.1) is 0 Å². The first-order chi connectivity index (χ1) is 15.8. The molecule has 0 radical (unpaired) electrons. The van der Waals surface area contributed by atoms with Gasteiger partial charge in [-0.25, -0.2) is 8.42 Å². The van der Waals surface area contributed by atoms with E-state index in [0.717, 1.165) is 14.7 Å². The number of nitrogens with one attached hydrogen (secondary N) is 1. The topological polar surface area (TPSA) is 89.8 Å². The predicted molar refractivity (Wildman–Crippen MR) is 133 cm³/mol. The molecule has 33 heavy (non-hydrogen) atoms. The third-order valence-corrected chi connectivity index (χ3v) is 7.84. The van der Waals surface area contributed by atoms with Gasteiger partial charge in [0, 0.05) is 22.3 Å². The quantitative estimate of drug-likeness (QED) is 0.367. The summed E-state index contributed by atoms with van der Waals surface area (Å²) in [5.41, 5.74) is 1.72. The van der Waals surface area contributed by atoms with Crippen molar-refractivity contribution in [2.75, 3.05) is 11.8 Å². The number of carbonyl (C=O) groups excluding carboxylic acids is 1. The summed E-state index contributed by atoms with van der Waals surface area (Å²) >= 11 is 4.91. The van der Waals surface area contributed by atoms with Crippen LogP contribution in [-0.2, 0) is 16.6 Å². The van der Waals surface area contributed by atoms with E-state index in [2.05, 4.69) is 25.6 Å². The van der Waals surface area contributed by atoms with E-state index in [1.54, 1.807) is 36.4 Å². The van der Waals surface area contributed by atoms with E-state index in [1.165, 1.54) is 30.6 Å². The normalized spacial score (nSPS) is 12.2. The Kier molecular flexibility index (Phi) is 6.68. The molecule has 1 aromatic heterocycles. The van der Waals surface area contributed by atoms with Crippen molar-refractivity contribution in [2.45, 2.75) is 18.4 Å². The van der Waals surface area contributed by atoms with Gasteiger partial charge in [-0.2, -0.15) is 4.99 Å². The molecule has 0 saturated carbocycles. The first-order valence-corrected chi connectivity index (χ1v) is 13.0. The number of halogens is 1. The highest BCUT2D eigenvalue weighted by Crippen LogP contribution is 2.23. The summed E-state index contributed by atoms with van der Waals surface area (Å²) in [5, 5.41) is 0. The van der Waals surface area contributed by atoms with E-state index in [4.69, 9.17) is 4.74 Å². The number of amides is 1. The maximum atomic E-state index is 12.8. The van der Waals surface area contributed by atoms with Crippen LogP contribution in [0.25, 0.3) is 10.2 Å². The van der Waals surface area contributed by atoms with Crippen molar-refractivity contribution in [2.24, 2.45) is 4.99 Å². The zero-order valence-electron chi connectivity index (χ0n) is 17.8. The van der Waals surface area contributed by atoms with E-state index in [0.29, 0.717) is 28.3 Å². The van der Waals surface area contributed by atoms with Crippen molar-refractivity contribution in [3.8, 4) is 5.75 Å². The van der Waals surface area contributed by atoms with Crippen LogP contribution in [0.15, 0.2) is 81.1 Å². The van der Waals surface area contributed by atoms with Crippen molar-refractivity contribution in [3.05, 3.63) is 81.6 Å². The summed E-state index contributed by atoms with van der Waals surface area (Å²) in [6.07, 6.45) is 0. The number of hydrogen-bond donors (Lipinski definition) is 1. The molecule has 170 valence electrons. The number of anilines is 1. The van der Waals surface area contributed by atoms with Crippen LogP contribution in [-0.4, -0.2) is 26.0 Å². The lowest BCUT2D eigenvalue weighted by molar-refractivity contribution is 0.0998. The van der Waals surface area contributed by atoms with Gasteiger partial charge in [0.1, 0.15) is 5.75 Å². The number of ether oxygens (including phenoxy) is 1. The fraction of sp³-hybridized carbons (Fsp3) is 0.130. The molecular weight excluding hydrogens is 526 g/mol. The Morgan fingerprint density at radius 1 is 1.09 bits per heavy atom. The van der Waals surface area contributed by atoms with Crippen molar-refractivity contribution in [1.29, 1.82) is 0 Å². The van der Waals surface area contributed by atoms with Crippen LogP contribution in [0.2, 0.25) is 0 Å². The summed E-state index contributed by atoms with van der Waals surface area (Å²) in [6, 6.07) is 18.2. The van der Waals surface area contributed by atoms with Crippen LogP contribution < -0.4 is 14.3 Å². The lowest BCUT2D eigenvalue weighted by Crippen LogP contribution is -2.16. The molecule has 0 aliphatic rings. The van der Waals surface area contributed by atoms with Crippen molar-refractivity contribution >= 4 is 59.1 Å². The second kappa shape index (κ2) is 9.50. The summed E-state index contributed by atoms with van der Waals surface area (Å²) < 4.78 is 36.7. The monoisotopic (exact) mass is 545 g/mol. The molecular formula is C23H20BrN3O4S2. The largest absolute Gasteiger partial charge is 0.497 e. The maximum Gasteiger partial charge on any atom is 0.279 e. The number of nitrogens with zero attached hydrogens (tertiary/aromatic N) is 2. The summed E-state index contributed by atoms with van der Waals surface area (Å²) in [6.45, 7) is 2.68.